The number of nitrogens with zero attached hydrogens (tertiary/aromatic N) is 4. The van der Waals surface area contributed by atoms with E-state index >= 15 is 0 Å². The number of rotatable bonds is 5. The zero-order valence-electron chi connectivity index (χ0n) is 15.7. The van der Waals surface area contributed by atoms with Crippen molar-refractivity contribution in [2.24, 2.45) is 20.0 Å². The highest BCUT2D eigenvalue weighted by atomic mass is 16.2. The van der Waals surface area contributed by atoms with Gasteiger partial charge in [-0.25, -0.2) is 9.78 Å². The van der Waals surface area contributed by atoms with E-state index in [1.807, 2.05) is 0 Å². The van der Waals surface area contributed by atoms with Crippen LogP contribution in [0.2, 0.25) is 0 Å². The second kappa shape index (κ2) is 7.47. The van der Waals surface area contributed by atoms with Gasteiger partial charge in [-0.05, 0) is 25.2 Å². The summed E-state index contributed by atoms with van der Waals surface area (Å²) in [4.78, 5) is 40.8. The van der Waals surface area contributed by atoms with Crippen LogP contribution in [-0.2, 0) is 25.4 Å². The summed E-state index contributed by atoms with van der Waals surface area (Å²) in [6.07, 6.45) is 7.25. The van der Waals surface area contributed by atoms with Crippen LogP contribution in [0.5, 0.6) is 0 Å². The molecule has 0 saturated heterocycles. The minimum Gasteiger partial charge on any atom is -0.353 e. The molecule has 1 amide bonds. The monoisotopic (exact) mass is 361 g/mol. The number of aryl methyl sites for hydroxylation is 2. The highest BCUT2D eigenvalue weighted by Crippen LogP contribution is 2.23. The van der Waals surface area contributed by atoms with E-state index in [0.29, 0.717) is 36.5 Å². The number of hydrogen-bond donors (Lipinski definition) is 1. The van der Waals surface area contributed by atoms with E-state index in [0.717, 1.165) is 11.0 Å². The standard InChI is InChI=1S/C18H27N5O3/c1-12-7-4-5-8-13(12)20-14(24)9-6-10-23-11-19-16-15(23)17(25)22(3)18(26)21(16)2/h11-13H,4-10H2,1-3H3,(H,20,24). The summed E-state index contributed by atoms with van der Waals surface area (Å²) in [6.45, 7) is 2.71. The number of imidazole rings is 1. The summed E-state index contributed by atoms with van der Waals surface area (Å²) in [5.74, 6) is 0.600. The van der Waals surface area contributed by atoms with Gasteiger partial charge in [-0.15, -0.1) is 0 Å². The molecule has 2 aromatic heterocycles. The Morgan fingerprint density at radius 2 is 1.96 bits per heavy atom. The van der Waals surface area contributed by atoms with Crippen molar-refractivity contribution in [1.82, 2.24) is 24.0 Å². The molecule has 2 atom stereocenters. The van der Waals surface area contributed by atoms with Crippen molar-refractivity contribution in [3.63, 3.8) is 0 Å². The summed E-state index contributed by atoms with van der Waals surface area (Å²) >= 11 is 0. The number of aromatic nitrogens is 4. The van der Waals surface area contributed by atoms with Crippen molar-refractivity contribution < 1.29 is 4.79 Å². The van der Waals surface area contributed by atoms with Crippen LogP contribution in [0.4, 0.5) is 0 Å². The number of amides is 1. The van der Waals surface area contributed by atoms with Crippen molar-refractivity contribution in [2.45, 2.75) is 58.0 Å². The fraction of sp³-hybridized carbons (Fsp3) is 0.667. The van der Waals surface area contributed by atoms with Crippen LogP contribution >= 0.6 is 0 Å². The summed E-state index contributed by atoms with van der Waals surface area (Å²) < 4.78 is 4.18. The first kappa shape index (κ1) is 18.4. The van der Waals surface area contributed by atoms with E-state index in [2.05, 4.69) is 17.2 Å². The van der Waals surface area contributed by atoms with Crippen molar-refractivity contribution in [3.05, 3.63) is 27.2 Å². The Morgan fingerprint density at radius 3 is 2.69 bits per heavy atom. The Morgan fingerprint density at radius 1 is 1.23 bits per heavy atom. The van der Waals surface area contributed by atoms with Gasteiger partial charge in [0, 0.05) is 33.1 Å². The minimum absolute atomic E-state index is 0.0634. The Balaban J connectivity index is 1.64. The van der Waals surface area contributed by atoms with Gasteiger partial charge in [-0.2, -0.15) is 0 Å². The quantitative estimate of drug-likeness (QED) is 0.857. The van der Waals surface area contributed by atoms with E-state index in [-0.39, 0.29) is 17.5 Å². The van der Waals surface area contributed by atoms with Crippen LogP contribution in [-0.4, -0.2) is 30.6 Å². The maximum absolute atomic E-state index is 12.4. The van der Waals surface area contributed by atoms with Gasteiger partial charge in [0.15, 0.2) is 11.2 Å². The Labute approximate surface area is 151 Å². The Bertz CT molecular complexity index is 923. The SMILES string of the molecule is CC1CCCCC1NC(=O)CCCn1cnc2c1c(=O)n(C)c(=O)n2C. The number of hydrogen-bond acceptors (Lipinski definition) is 4. The van der Waals surface area contributed by atoms with Crippen molar-refractivity contribution in [3.8, 4) is 0 Å². The zero-order chi connectivity index (χ0) is 18.8. The van der Waals surface area contributed by atoms with Crippen molar-refractivity contribution in [2.75, 3.05) is 0 Å². The molecule has 2 aromatic rings. The first-order valence-electron chi connectivity index (χ1n) is 9.30. The maximum Gasteiger partial charge on any atom is 0.332 e. The molecule has 1 fully saturated rings. The highest BCUT2D eigenvalue weighted by Gasteiger charge is 2.22. The van der Waals surface area contributed by atoms with Crippen LogP contribution < -0.4 is 16.6 Å². The molecule has 8 heteroatoms. The predicted octanol–water partition coefficient (Wildman–Crippen LogP) is 0.909. The number of carbonyl (C=O) groups excluding carboxylic acids is 1. The lowest BCUT2D eigenvalue weighted by molar-refractivity contribution is -0.122. The molecule has 1 N–H and O–H groups in total. The fourth-order valence-electron chi connectivity index (χ4n) is 3.79. The van der Waals surface area contributed by atoms with Crippen LogP contribution in [0, 0.1) is 5.92 Å². The molecule has 1 aliphatic rings. The van der Waals surface area contributed by atoms with E-state index in [4.69, 9.17) is 0 Å². The van der Waals surface area contributed by atoms with Gasteiger partial charge in [-0.3, -0.25) is 18.7 Å². The predicted molar refractivity (Wildman–Crippen MR) is 99.0 cm³/mol. The van der Waals surface area contributed by atoms with Crippen molar-refractivity contribution in [1.29, 1.82) is 0 Å². The minimum atomic E-state index is -0.395. The van der Waals surface area contributed by atoms with Gasteiger partial charge >= 0.3 is 5.69 Å². The molecule has 0 aliphatic heterocycles. The van der Waals surface area contributed by atoms with Crippen LogP contribution in [0.25, 0.3) is 11.2 Å². The van der Waals surface area contributed by atoms with Gasteiger partial charge < -0.3 is 9.88 Å². The molecule has 0 aromatic carbocycles. The topological polar surface area (TPSA) is 90.9 Å². The normalized spacial score (nSPS) is 20.4. The second-order valence-corrected chi connectivity index (χ2v) is 7.36. The summed E-state index contributed by atoms with van der Waals surface area (Å²) in [7, 11) is 3.06. The molecular weight excluding hydrogens is 334 g/mol. The summed E-state index contributed by atoms with van der Waals surface area (Å²) in [5, 5.41) is 3.15. The maximum atomic E-state index is 12.4. The lowest BCUT2D eigenvalue weighted by Crippen LogP contribution is -2.41. The molecule has 0 bridgehead atoms. The molecule has 1 saturated carbocycles. The third-order valence-electron chi connectivity index (χ3n) is 5.48. The zero-order valence-corrected chi connectivity index (χ0v) is 15.7. The van der Waals surface area contributed by atoms with Crippen LogP contribution in [0.3, 0.4) is 0 Å². The molecule has 142 valence electrons. The largest absolute Gasteiger partial charge is 0.353 e. The van der Waals surface area contributed by atoms with Gasteiger partial charge in [0.2, 0.25) is 5.91 Å². The highest BCUT2D eigenvalue weighted by molar-refractivity contribution is 5.76. The average Bonchev–Trinajstić information content (AvgIpc) is 3.04. The number of carbonyl (C=O) groups is 1. The molecule has 8 nitrogen and oxygen atoms in total. The average molecular weight is 361 g/mol. The van der Waals surface area contributed by atoms with Gasteiger partial charge in [0.25, 0.3) is 5.56 Å². The van der Waals surface area contributed by atoms with Gasteiger partial charge in [-0.1, -0.05) is 19.8 Å². The molecule has 2 heterocycles. The van der Waals surface area contributed by atoms with Gasteiger partial charge in [0.05, 0.1) is 6.33 Å². The molecule has 3 rings (SSSR count). The van der Waals surface area contributed by atoms with E-state index in [9.17, 15) is 14.4 Å². The van der Waals surface area contributed by atoms with E-state index in [1.54, 1.807) is 17.9 Å². The molecule has 2 unspecified atom stereocenters. The Hall–Kier alpha value is -2.38. The smallest absolute Gasteiger partial charge is 0.332 e. The summed E-state index contributed by atoms with van der Waals surface area (Å²) in [5.41, 5.74) is 0.0179. The number of fused-ring (bicyclic) bond motifs is 1. The fourth-order valence-corrected chi connectivity index (χ4v) is 3.79. The third-order valence-corrected chi connectivity index (χ3v) is 5.48. The molecule has 1 aliphatic carbocycles. The summed E-state index contributed by atoms with van der Waals surface area (Å²) in [6, 6.07) is 0.284. The number of nitrogens with one attached hydrogen (secondary N) is 1. The Kier molecular flexibility index (Phi) is 5.29. The lowest BCUT2D eigenvalue weighted by Gasteiger charge is -2.29. The van der Waals surface area contributed by atoms with Crippen molar-refractivity contribution >= 4 is 17.1 Å². The molecule has 26 heavy (non-hydrogen) atoms. The molecular formula is C18H27N5O3. The first-order valence-corrected chi connectivity index (χ1v) is 9.30. The van der Waals surface area contributed by atoms with Gasteiger partial charge in [0.1, 0.15) is 0 Å². The van der Waals surface area contributed by atoms with E-state index in [1.165, 1.54) is 30.9 Å². The first-order chi connectivity index (χ1) is 12.4. The van der Waals surface area contributed by atoms with E-state index < -0.39 is 5.69 Å². The van der Waals surface area contributed by atoms with Crippen LogP contribution in [0.1, 0.15) is 45.4 Å². The van der Waals surface area contributed by atoms with Crippen LogP contribution in [0.15, 0.2) is 15.9 Å². The second-order valence-electron chi connectivity index (χ2n) is 7.36. The molecule has 0 spiro atoms. The molecule has 0 radical (unpaired) electrons. The third kappa shape index (κ3) is 3.45. The lowest BCUT2D eigenvalue weighted by atomic mass is 9.86.